The van der Waals surface area contributed by atoms with E-state index in [2.05, 4.69) is 26.6 Å². The Balaban J connectivity index is 1.82. The van der Waals surface area contributed by atoms with Crippen molar-refractivity contribution in [1.29, 1.82) is 0 Å². The van der Waals surface area contributed by atoms with Gasteiger partial charge >= 0.3 is 0 Å². The summed E-state index contributed by atoms with van der Waals surface area (Å²) in [6.45, 7) is 5.49. The van der Waals surface area contributed by atoms with Crippen LogP contribution >= 0.6 is 0 Å². The molecule has 0 aromatic heterocycles. The highest BCUT2D eigenvalue weighted by atomic mass is 16.2. The van der Waals surface area contributed by atoms with Crippen LogP contribution < -0.4 is 43.8 Å². The number of amides is 8. The standard InChI is InChI=1S/C40H57N9O8/c1-4-24(2)35(36(43)53)48-37(54)29(17-18-33(41)51)46-40(57)32-16-11-19-49(32)23-28(20-26-12-7-5-8-13-26)45-38(55)31(22-34(42)52)47-39(56)30(44-25(3)50)21-27-14-9-6-10-15-27/h5-10,12-15,24,28-32,35H,4,11,16-23H2,1-3H3,(H2,41,51)(H2,42,52)(H2,43,53)(H,44,50)(H,45,55)(H,46,57)(H,47,56)(H,48,54)/t24-,28-,29-,30-,31-,32-,35-/m0/s1. The average Bonchev–Trinajstić information content (AvgIpc) is 3.62. The molecule has 3 rings (SSSR count). The number of primary amides is 3. The average molecular weight is 792 g/mol. The number of hydrogen-bond acceptors (Lipinski definition) is 9. The van der Waals surface area contributed by atoms with Crippen molar-refractivity contribution in [1.82, 2.24) is 31.5 Å². The zero-order valence-electron chi connectivity index (χ0n) is 32.8. The highest BCUT2D eigenvalue weighted by Gasteiger charge is 2.37. The van der Waals surface area contributed by atoms with Gasteiger partial charge in [-0.25, -0.2) is 0 Å². The summed E-state index contributed by atoms with van der Waals surface area (Å²) in [6.07, 6.45) is 1.18. The van der Waals surface area contributed by atoms with Gasteiger partial charge in [-0.3, -0.25) is 43.3 Å². The highest BCUT2D eigenvalue weighted by molar-refractivity contribution is 5.95. The second kappa shape index (κ2) is 22.6. The van der Waals surface area contributed by atoms with Gasteiger partial charge in [0.05, 0.1) is 12.5 Å². The summed E-state index contributed by atoms with van der Waals surface area (Å²) in [7, 11) is 0. The Morgan fingerprint density at radius 1 is 0.719 bits per heavy atom. The minimum atomic E-state index is -1.39. The molecule has 0 saturated carbocycles. The van der Waals surface area contributed by atoms with E-state index < -0.39 is 89.9 Å². The molecule has 8 amide bonds. The molecule has 17 nitrogen and oxygen atoms in total. The van der Waals surface area contributed by atoms with Gasteiger partial charge in [0.2, 0.25) is 47.3 Å². The molecule has 1 saturated heterocycles. The van der Waals surface area contributed by atoms with Crippen LogP contribution in [0.5, 0.6) is 0 Å². The first kappa shape index (κ1) is 45.5. The number of nitrogens with zero attached hydrogens (tertiary/aromatic N) is 1. The topological polar surface area (TPSA) is 278 Å². The molecule has 0 unspecified atom stereocenters. The van der Waals surface area contributed by atoms with Gasteiger partial charge in [0.15, 0.2) is 0 Å². The molecule has 1 aliphatic heterocycles. The Morgan fingerprint density at radius 3 is 1.84 bits per heavy atom. The molecule has 0 spiro atoms. The minimum absolute atomic E-state index is 0.112. The van der Waals surface area contributed by atoms with E-state index in [1.165, 1.54) is 6.92 Å². The molecular formula is C40H57N9O8. The number of rotatable bonds is 23. The van der Waals surface area contributed by atoms with Crippen LogP contribution in [0.4, 0.5) is 0 Å². The van der Waals surface area contributed by atoms with Crippen LogP contribution in [0.3, 0.4) is 0 Å². The van der Waals surface area contributed by atoms with E-state index in [0.717, 1.165) is 11.1 Å². The van der Waals surface area contributed by atoms with Crippen molar-refractivity contribution in [3.63, 3.8) is 0 Å². The third-order valence-corrected chi connectivity index (χ3v) is 9.94. The van der Waals surface area contributed by atoms with Crippen LogP contribution in [0.15, 0.2) is 60.7 Å². The van der Waals surface area contributed by atoms with E-state index >= 15 is 0 Å². The molecule has 1 heterocycles. The lowest BCUT2D eigenvalue weighted by Gasteiger charge is -2.31. The summed E-state index contributed by atoms with van der Waals surface area (Å²) in [5.74, 6) is -5.56. The van der Waals surface area contributed by atoms with Crippen LogP contribution in [0.2, 0.25) is 0 Å². The summed E-state index contributed by atoms with van der Waals surface area (Å²) in [5.41, 5.74) is 18.1. The maximum Gasteiger partial charge on any atom is 0.243 e. The third-order valence-electron chi connectivity index (χ3n) is 9.94. The van der Waals surface area contributed by atoms with Crippen LogP contribution in [-0.2, 0) is 51.2 Å². The van der Waals surface area contributed by atoms with Crippen LogP contribution in [-0.4, -0.2) is 101 Å². The van der Waals surface area contributed by atoms with Gasteiger partial charge in [-0.2, -0.15) is 0 Å². The number of carbonyl (C=O) groups is 8. The second-order valence-corrected chi connectivity index (χ2v) is 14.6. The lowest BCUT2D eigenvalue weighted by atomic mass is 9.97. The van der Waals surface area contributed by atoms with Gasteiger partial charge in [0.1, 0.15) is 24.2 Å². The first-order valence-corrected chi connectivity index (χ1v) is 19.2. The molecule has 17 heteroatoms. The molecule has 2 aromatic rings. The number of hydrogen-bond donors (Lipinski definition) is 8. The highest BCUT2D eigenvalue weighted by Crippen LogP contribution is 2.20. The molecule has 310 valence electrons. The van der Waals surface area contributed by atoms with Crippen molar-refractivity contribution in [2.24, 2.45) is 23.1 Å². The fourth-order valence-electron chi connectivity index (χ4n) is 6.78. The first-order valence-electron chi connectivity index (χ1n) is 19.2. The Hall–Kier alpha value is -5.84. The normalized spacial score (nSPS) is 17.1. The van der Waals surface area contributed by atoms with Crippen molar-refractivity contribution in [3.05, 3.63) is 71.8 Å². The zero-order valence-corrected chi connectivity index (χ0v) is 32.8. The predicted octanol–water partition coefficient (Wildman–Crippen LogP) is -0.948. The molecule has 11 N–H and O–H groups in total. The summed E-state index contributed by atoms with van der Waals surface area (Å²) in [5, 5.41) is 13.5. The van der Waals surface area contributed by atoms with Crippen molar-refractivity contribution in [2.75, 3.05) is 13.1 Å². The summed E-state index contributed by atoms with van der Waals surface area (Å²) >= 11 is 0. The van der Waals surface area contributed by atoms with Gasteiger partial charge in [0, 0.05) is 32.4 Å². The van der Waals surface area contributed by atoms with E-state index in [0.29, 0.717) is 32.2 Å². The molecule has 1 aliphatic rings. The Morgan fingerprint density at radius 2 is 1.30 bits per heavy atom. The summed E-state index contributed by atoms with van der Waals surface area (Å²) in [4.78, 5) is 105. The van der Waals surface area contributed by atoms with E-state index in [1.54, 1.807) is 31.2 Å². The van der Waals surface area contributed by atoms with E-state index in [9.17, 15) is 38.4 Å². The van der Waals surface area contributed by atoms with Crippen LogP contribution in [0.25, 0.3) is 0 Å². The smallest absolute Gasteiger partial charge is 0.243 e. The quantitative estimate of drug-likeness (QED) is 0.0688. The number of likely N-dealkylation sites (tertiary alicyclic amines) is 1. The lowest BCUT2D eigenvalue weighted by Crippen LogP contribution is -2.59. The largest absolute Gasteiger partial charge is 0.370 e. The van der Waals surface area contributed by atoms with Crippen molar-refractivity contribution < 1.29 is 38.4 Å². The minimum Gasteiger partial charge on any atom is -0.370 e. The van der Waals surface area contributed by atoms with Crippen molar-refractivity contribution in [3.8, 4) is 0 Å². The van der Waals surface area contributed by atoms with E-state index in [4.69, 9.17) is 17.2 Å². The molecule has 0 radical (unpaired) electrons. The van der Waals surface area contributed by atoms with E-state index in [1.807, 2.05) is 48.2 Å². The fourth-order valence-corrected chi connectivity index (χ4v) is 6.78. The molecule has 2 aromatic carbocycles. The van der Waals surface area contributed by atoms with Gasteiger partial charge in [0.25, 0.3) is 0 Å². The lowest BCUT2D eigenvalue weighted by molar-refractivity contribution is -0.134. The number of carbonyl (C=O) groups excluding carboxylic acids is 8. The summed E-state index contributed by atoms with van der Waals surface area (Å²) < 4.78 is 0. The first-order chi connectivity index (χ1) is 27.1. The Kier molecular flexibility index (Phi) is 18.1. The van der Waals surface area contributed by atoms with Gasteiger partial charge in [-0.1, -0.05) is 80.9 Å². The van der Waals surface area contributed by atoms with E-state index in [-0.39, 0.29) is 31.7 Å². The summed E-state index contributed by atoms with van der Waals surface area (Å²) in [6, 6.07) is 12.2. The molecule has 0 bridgehead atoms. The monoisotopic (exact) mass is 791 g/mol. The second-order valence-electron chi connectivity index (χ2n) is 14.6. The van der Waals surface area contributed by atoms with Crippen LogP contribution in [0, 0.1) is 5.92 Å². The Bertz CT molecular complexity index is 1710. The number of nitrogens with one attached hydrogen (secondary N) is 5. The maximum absolute atomic E-state index is 13.9. The van der Waals surface area contributed by atoms with Gasteiger partial charge in [-0.15, -0.1) is 0 Å². The third kappa shape index (κ3) is 15.3. The number of nitrogens with two attached hydrogens (primary N) is 3. The molecule has 0 aliphatic carbocycles. The van der Waals surface area contributed by atoms with Gasteiger partial charge < -0.3 is 43.8 Å². The molecule has 1 fully saturated rings. The van der Waals surface area contributed by atoms with Gasteiger partial charge in [-0.05, 0) is 49.3 Å². The number of benzene rings is 2. The van der Waals surface area contributed by atoms with Crippen LogP contribution in [0.1, 0.15) is 70.4 Å². The molecular weight excluding hydrogens is 734 g/mol. The Labute approximate surface area is 333 Å². The molecule has 57 heavy (non-hydrogen) atoms. The van der Waals surface area contributed by atoms with Crippen molar-refractivity contribution >= 4 is 47.3 Å². The zero-order chi connectivity index (χ0) is 42.1. The maximum atomic E-state index is 13.9. The predicted molar refractivity (Wildman–Crippen MR) is 211 cm³/mol. The van der Waals surface area contributed by atoms with Crippen molar-refractivity contribution in [2.45, 2.75) is 108 Å². The molecule has 7 atom stereocenters. The fraction of sp³-hybridized carbons (Fsp3) is 0.500. The SMILES string of the molecule is CC[C@H](C)[C@H](NC(=O)[C@H](CCC(N)=O)NC(=O)[C@@H]1CCCN1C[C@H](Cc1ccccc1)NC(=O)[C@H](CC(N)=O)NC(=O)[C@H](Cc1ccccc1)NC(C)=O)C(N)=O.